The van der Waals surface area contributed by atoms with Crippen molar-refractivity contribution in [2.45, 2.75) is 13.0 Å². The van der Waals surface area contributed by atoms with E-state index in [4.69, 9.17) is 21.1 Å². The van der Waals surface area contributed by atoms with E-state index in [2.05, 4.69) is 5.32 Å². The van der Waals surface area contributed by atoms with Gasteiger partial charge in [0.25, 0.3) is 5.91 Å². The van der Waals surface area contributed by atoms with Gasteiger partial charge < -0.3 is 19.7 Å². The molecule has 114 valence electrons. The average molecular weight is 313 g/mol. The van der Waals surface area contributed by atoms with Gasteiger partial charge in [0.2, 0.25) is 5.91 Å². The van der Waals surface area contributed by atoms with Crippen molar-refractivity contribution in [2.24, 2.45) is 0 Å². The highest BCUT2D eigenvalue weighted by atomic mass is 35.5. The standard InChI is InChI=1S/C14H17ClN2O4/c1-8-13(18)16-4-5-17(8)14(19)9-6-10(15)12(21-3)11(7-9)20-2/h6-8H,4-5H2,1-3H3,(H,16,18). The first-order valence-corrected chi connectivity index (χ1v) is 6.87. The van der Waals surface area contributed by atoms with Crippen molar-refractivity contribution in [2.75, 3.05) is 27.3 Å². The van der Waals surface area contributed by atoms with Crippen molar-refractivity contribution in [3.8, 4) is 11.5 Å². The maximum absolute atomic E-state index is 12.6. The van der Waals surface area contributed by atoms with Crippen LogP contribution in [0.25, 0.3) is 0 Å². The molecule has 0 saturated carbocycles. The van der Waals surface area contributed by atoms with E-state index in [1.54, 1.807) is 13.0 Å². The molecule has 0 aliphatic carbocycles. The topological polar surface area (TPSA) is 67.9 Å². The van der Waals surface area contributed by atoms with Gasteiger partial charge in [-0.1, -0.05) is 11.6 Å². The smallest absolute Gasteiger partial charge is 0.254 e. The fourth-order valence-corrected chi connectivity index (χ4v) is 2.55. The van der Waals surface area contributed by atoms with Gasteiger partial charge in [0, 0.05) is 18.7 Å². The summed E-state index contributed by atoms with van der Waals surface area (Å²) >= 11 is 6.11. The first-order valence-electron chi connectivity index (χ1n) is 6.49. The summed E-state index contributed by atoms with van der Waals surface area (Å²) in [5, 5.41) is 3.00. The van der Waals surface area contributed by atoms with E-state index < -0.39 is 6.04 Å². The normalized spacial score (nSPS) is 18.2. The quantitative estimate of drug-likeness (QED) is 0.914. The molecule has 2 rings (SSSR count). The van der Waals surface area contributed by atoms with Gasteiger partial charge in [-0.25, -0.2) is 0 Å². The number of carbonyl (C=O) groups excluding carboxylic acids is 2. The van der Waals surface area contributed by atoms with Gasteiger partial charge in [0.15, 0.2) is 11.5 Å². The molecule has 1 N–H and O–H groups in total. The van der Waals surface area contributed by atoms with Gasteiger partial charge in [0.05, 0.1) is 19.2 Å². The molecular formula is C14H17ClN2O4. The molecule has 0 aromatic heterocycles. The zero-order valence-electron chi connectivity index (χ0n) is 12.1. The highest BCUT2D eigenvalue weighted by Gasteiger charge is 2.30. The third-order valence-corrected chi connectivity index (χ3v) is 3.72. The molecule has 21 heavy (non-hydrogen) atoms. The summed E-state index contributed by atoms with van der Waals surface area (Å²) in [5.41, 5.74) is 0.360. The number of nitrogens with zero attached hydrogens (tertiary/aromatic N) is 1. The lowest BCUT2D eigenvalue weighted by molar-refractivity contribution is -0.127. The maximum atomic E-state index is 12.6. The van der Waals surface area contributed by atoms with Crippen molar-refractivity contribution in [1.82, 2.24) is 10.2 Å². The summed E-state index contributed by atoms with van der Waals surface area (Å²) in [6.45, 7) is 2.59. The number of rotatable bonds is 3. The van der Waals surface area contributed by atoms with Crippen molar-refractivity contribution in [1.29, 1.82) is 0 Å². The van der Waals surface area contributed by atoms with Crippen LogP contribution in [0.5, 0.6) is 11.5 Å². The monoisotopic (exact) mass is 312 g/mol. The van der Waals surface area contributed by atoms with Gasteiger partial charge >= 0.3 is 0 Å². The zero-order valence-corrected chi connectivity index (χ0v) is 12.9. The molecule has 1 heterocycles. The van der Waals surface area contributed by atoms with Gasteiger partial charge in [-0.2, -0.15) is 0 Å². The molecule has 6 nitrogen and oxygen atoms in total. The Hall–Kier alpha value is -1.95. The molecule has 1 fully saturated rings. The summed E-state index contributed by atoms with van der Waals surface area (Å²) in [7, 11) is 2.95. The maximum Gasteiger partial charge on any atom is 0.254 e. The second kappa shape index (κ2) is 6.22. The molecule has 1 aliphatic heterocycles. The van der Waals surface area contributed by atoms with Crippen molar-refractivity contribution in [3.63, 3.8) is 0 Å². The Balaban J connectivity index is 2.35. The second-order valence-corrected chi connectivity index (χ2v) is 5.07. The summed E-state index contributed by atoms with van der Waals surface area (Å²) in [4.78, 5) is 25.7. The predicted molar refractivity (Wildman–Crippen MR) is 78.1 cm³/mol. The van der Waals surface area contributed by atoms with Crippen LogP contribution in [0.2, 0.25) is 5.02 Å². The third-order valence-electron chi connectivity index (χ3n) is 3.44. The van der Waals surface area contributed by atoms with E-state index in [1.165, 1.54) is 25.2 Å². The Morgan fingerprint density at radius 3 is 2.71 bits per heavy atom. The number of nitrogens with one attached hydrogen (secondary N) is 1. The fourth-order valence-electron chi connectivity index (χ4n) is 2.27. The Morgan fingerprint density at radius 1 is 1.38 bits per heavy atom. The van der Waals surface area contributed by atoms with E-state index in [0.717, 1.165) is 0 Å². The Kier molecular flexibility index (Phi) is 4.57. The highest BCUT2D eigenvalue weighted by Crippen LogP contribution is 2.36. The van der Waals surface area contributed by atoms with E-state index >= 15 is 0 Å². The van der Waals surface area contributed by atoms with Crippen molar-refractivity contribution < 1.29 is 19.1 Å². The Bertz CT molecular complexity index is 576. The molecule has 0 spiro atoms. The number of halogens is 1. The van der Waals surface area contributed by atoms with Crippen LogP contribution in [0, 0.1) is 0 Å². The van der Waals surface area contributed by atoms with Crippen LogP contribution in [0.4, 0.5) is 0 Å². The van der Waals surface area contributed by atoms with E-state index in [0.29, 0.717) is 30.2 Å². The molecule has 1 aliphatic rings. The lowest BCUT2D eigenvalue weighted by atomic mass is 10.1. The summed E-state index contributed by atoms with van der Waals surface area (Å²) in [6.07, 6.45) is 0. The predicted octanol–water partition coefficient (Wildman–Crippen LogP) is 1.32. The summed E-state index contributed by atoms with van der Waals surface area (Å²) in [6, 6.07) is 2.56. The van der Waals surface area contributed by atoms with Crippen LogP contribution < -0.4 is 14.8 Å². The van der Waals surface area contributed by atoms with Crippen LogP contribution >= 0.6 is 11.6 Å². The highest BCUT2D eigenvalue weighted by molar-refractivity contribution is 6.32. The average Bonchev–Trinajstić information content (AvgIpc) is 2.48. The lowest BCUT2D eigenvalue weighted by Crippen LogP contribution is -2.55. The minimum atomic E-state index is -0.516. The van der Waals surface area contributed by atoms with Gasteiger partial charge in [0.1, 0.15) is 6.04 Å². The van der Waals surface area contributed by atoms with Crippen molar-refractivity contribution >= 4 is 23.4 Å². The fraction of sp³-hybridized carbons (Fsp3) is 0.429. The van der Waals surface area contributed by atoms with Crippen LogP contribution in [0.1, 0.15) is 17.3 Å². The van der Waals surface area contributed by atoms with Gasteiger partial charge in [-0.3, -0.25) is 9.59 Å². The van der Waals surface area contributed by atoms with Crippen LogP contribution in [0.15, 0.2) is 12.1 Å². The molecule has 2 amide bonds. The number of benzene rings is 1. The van der Waals surface area contributed by atoms with Crippen LogP contribution in [-0.2, 0) is 4.79 Å². The number of methoxy groups -OCH3 is 2. The molecule has 1 unspecified atom stereocenters. The summed E-state index contributed by atoms with van der Waals surface area (Å²) < 4.78 is 10.3. The minimum Gasteiger partial charge on any atom is -0.493 e. The summed E-state index contributed by atoms with van der Waals surface area (Å²) in [5.74, 6) is 0.323. The first-order chi connectivity index (χ1) is 9.99. The van der Waals surface area contributed by atoms with E-state index in [1.807, 2.05) is 0 Å². The lowest BCUT2D eigenvalue weighted by Gasteiger charge is -2.33. The molecule has 1 atom stereocenters. The molecule has 0 radical (unpaired) electrons. The van der Waals surface area contributed by atoms with Crippen molar-refractivity contribution in [3.05, 3.63) is 22.7 Å². The number of hydrogen-bond acceptors (Lipinski definition) is 4. The number of carbonyl (C=O) groups is 2. The molecule has 1 saturated heterocycles. The number of ether oxygens (including phenoxy) is 2. The second-order valence-electron chi connectivity index (χ2n) is 4.66. The Labute approximate surface area is 128 Å². The Morgan fingerprint density at radius 2 is 2.10 bits per heavy atom. The van der Waals surface area contributed by atoms with Gasteiger partial charge in [-0.05, 0) is 19.1 Å². The molecule has 0 bridgehead atoms. The third kappa shape index (κ3) is 2.90. The van der Waals surface area contributed by atoms with Crippen LogP contribution in [-0.4, -0.2) is 50.1 Å². The largest absolute Gasteiger partial charge is 0.493 e. The first kappa shape index (κ1) is 15.4. The molecule has 1 aromatic carbocycles. The molecule has 7 heteroatoms. The number of amides is 2. The van der Waals surface area contributed by atoms with Gasteiger partial charge in [-0.15, -0.1) is 0 Å². The minimum absolute atomic E-state index is 0.166. The van der Waals surface area contributed by atoms with E-state index in [-0.39, 0.29) is 16.8 Å². The molecular weight excluding hydrogens is 296 g/mol. The molecule has 1 aromatic rings. The number of hydrogen-bond donors (Lipinski definition) is 1. The SMILES string of the molecule is COc1cc(C(=O)N2CCNC(=O)C2C)cc(Cl)c1OC. The van der Waals surface area contributed by atoms with Crippen LogP contribution in [0.3, 0.4) is 0 Å². The van der Waals surface area contributed by atoms with E-state index in [9.17, 15) is 9.59 Å². The zero-order chi connectivity index (χ0) is 15.6. The number of piperazine rings is 1.